The molecule has 0 unspecified atom stereocenters. The van der Waals surface area contributed by atoms with Crippen LogP contribution in [0.5, 0.6) is 0 Å². The summed E-state index contributed by atoms with van der Waals surface area (Å²) >= 11 is 0. The maximum absolute atomic E-state index is 3.29. The number of nitrogens with zero attached hydrogens (tertiary/aromatic N) is 1. The van der Waals surface area contributed by atoms with Crippen LogP contribution in [-0.4, -0.2) is 5.10 Å². The van der Waals surface area contributed by atoms with E-state index >= 15 is 0 Å². The molecule has 0 radical (unpaired) electrons. The summed E-state index contributed by atoms with van der Waals surface area (Å²) in [5.74, 6) is 1.01. The third kappa shape index (κ3) is 2.95. The molecule has 1 aromatic carbocycles. The average molecular weight is 315 g/mol. The Bertz CT molecular complexity index is 403. The Labute approximate surface area is 107 Å². The normalized spacial score (nSPS) is 9.47. The van der Waals surface area contributed by atoms with Crippen LogP contribution in [-0.2, 0) is 7.05 Å². The number of H-pyrrole nitrogens is 1. The lowest BCUT2D eigenvalue weighted by atomic mass is 10.3. The lowest BCUT2D eigenvalue weighted by Crippen LogP contribution is -3.00. The van der Waals surface area contributed by atoms with Crippen molar-refractivity contribution in [2.24, 2.45) is 7.05 Å². The number of para-hydroxylation sites is 1. The third-order valence-corrected chi connectivity index (χ3v) is 2.22. The van der Waals surface area contributed by atoms with Crippen LogP contribution >= 0.6 is 0 Å². The lowest BCUT2D eigenvalue weighted by molar-refractivity contribution is -0.731. The van der Waals surface area contributed by atoms with Gasteiger partial charge in [-0.1, -0.05) is 18.2 Å². The summed E-state index contributed by atoms with van der Waals surface area (Å²) in [4.78, 5) is 0. The molecule has 2 N–H and O–H groups in total. The molecule has 0 fully saturated rings. The van der Waals surface area contributed by atoms with Gasteiger partial charge in [-0.2, -0.15) is 0 Å². The molecule has 4 heteroatoms. The molecule has 0 amide bonds. The summed E-state index contributed by atoms with van der Waals surface area (Å²) in [6.45, 7) is 2.06. The fourth-order valence-corrected chi connectivity index (χ4v) is 1.35. The molecular weight excluding hydrogens is 301 g/mol. The smallest absolute Gasteiger partial charge is 0.206 e. The van der Waals surface area contributed by atoms with Crippen LogP contribution in [0.1, 0.15) is 5.69 Å². The monoisotopic (exact) mass is 315 g/mol. The number of aromatic nitrogens is 2. The van der Waals surface area contributed by atoms with Crippen LogP contribution < -0.4 is 34.0 Å². The summed E-state index contributed by atoms with van der Waals surface area (Å²) in [5, 5.41) is 6.49. The predicted molar refractivity (Wildman–Crippen MR) is 56.4 cm³/mol. The second kappa shape index (κ2) is 5.16. The van der Waals surface area contributed by atoms with Gasteiger partial charge in [-0.05, 0) is 12.1 Å². The van der Waals surface area contributed by atoms with E-state index in [0.29, 0.717) is 0 Å². The van der Waals surface area contributed by atoms with Gasteiger partial charge in [0.25, 0.3) is 0 Å². The maximum atomic E-state index is 3.29. The predicted octanol–water partition coefficient (Wildman–Crippen LogP) is -1.10. The van der Waals surface area contributed by atoms with Gasteiger partial charge in [0.15, 0.2) is 12.9 Å². The van der Waals surface area contributed by atoms with Crippen molar-refractivity contribution in [3.05, 3.63) is 42.1 Å². The maximum Gasteiger partial charge on any atom is 0.206 e. The van der Waals surface area contributed by atoms with Gasteiger partial charge in [0.2, 0.25) is 5.69 Å². The number of rotatable bonds is 2. The van der Waals surface area contributed by atoms with Gasteiger partial charge in [-0.15, -0.1) is 9.78 Å². The summed E-state index contributed by atoms with van der Waals surface area (Å²) in [6, 6.07) is 12.2. The third-order valence-electron chi connectivity index (χ3n) is 2.22. The number of hydrogen-bond donors (Lipinski definition) is 2. The molecule has 0 aliphatic heterocycles. The van der Waals surface area contributed by atoms with Gasteiger partial charge in [-0.3, -0.25) is 0 Å². The first-order valence-electron chi connectivity index (χ1n) is 4.63. The Kier molecular flexibility index (Phi) is 4.14. The highest BCUT2D eigenvalue weighted by atomic mass is 127. The SMILES string of the molecule is Cc1cc(Nc2ccccc2)[nH][n+]1C.[I-]. The second-order valence-corrected chi connectivity index (χ2v) is 3.36. The Morgan fingerprint density at radius 1 is 1.20 bits per heavy atom. The van der Waals surface area contributed by atoms with Crippen LogP contribution in [0.3, 0.4) is 0 Å². The summed E-state index contributed by atoms with van der Waals surface area (Å²) < 4.78 is 1.98. The van der Waals surface area contributed by atoms with Crippen molar-refractivity contribution < 1.29 is 28.7 Å². The minimum absolute atomic E-state index is 0. The van der Waals surface area contributed by atoms with E-state index in [1.807, 2.05) is 42.1 Å². The fraction of sp³-hybridized carbons (Fsp3) is 0.182. The van der Waals surface area contributed by atoms with E-state index in [4.69, 9.17) is 0 Å². The zero-order chi connectivity index (χ0) is 9.97. The van der Waals surface area contributed by atoms with Crippen molar-refractivity contribution in [2.45, 2.75) is 6.92 Å². The van der Waals surface area contributed by atoms with Crippen LogP contribution in [0, 0.1) is 6.92 Å². The van der Waals surface area contributed by atoms with Gasteiger partial charge >= 0.3 is 0 Å². The molecule has 0 bridgehead atoms. The molecule has 3 nitrogen and oxygen atoms in total. The van der Waals surface area contributed by atoms with Gasteiger partial charge < -0.3 is 29.3 Å². The zero-order valence-electron chi connectivity index (χ0n) is 8.79. The number of nitrogens with one attached hydrogen (secondary N) is 2. The Morgan fingerprint density at radius 2 is 1.87 bits per heavy atom. The van der Waals surface area contributed by atoms with E-state index in [1.165, 1.54) is 5.69 Å². The summed E-state index contributed by atoms with van der Waals surface area (Å²) in [5.41, 5.74) is 2.29. The van der Waals surface area contributed by atoms with E-state index in [9.17, 15) is 0 Å². The van der Waals surface area contributed by atoms with E-state index in [1.54, 1.807) is 0 Å². The molecule has 0 spiro atoms. The quantitative estimate of drug-likeness (QED) is 0.535. The molecule has 0 aliphatic carbocycles. The van der Waals surface area contributed by atoms with E-state index in [0.717, 1.165) is 11.5 Å². The van der Waals surface area contributed by atoms with Crippen molar-refractivity contribution in [1.82, 2.24) is 5.10 Å². The molecule has 80 valence electrons. The standard InChI is InChI=1S/C11H13N3.HI/c1-9-8-11(13-14(9)2)12-10-6-4-3-5-7-10;/h3-8H,1-2H3,(H,12,13);1H. The van der Waals surface area contributed by atoms with Crippen LogP contribution in [0.4, 0.5) is 11.5 Å². The van der Waals surface area contributed by atoms with E-state index in [2.05, 4.69) is 23.4 Å². The van der Waals surface area contributed by atoms with Gasteiger partial charge in [0.1, 0.15) is 0 Å². The summed E-state index contributed by atoms with van der Waals surface area (Å²) in [6.07, 6.45) is 0. The number of anilines is 2. The summed E-state index contributed by atoms with van der Waals surface area (Å²) in [7, 11) is 1.99. The largest absolute Gasteiger partial charge is 1.00 e. The first-order chi connectivity index (χ1) is 6.75. The van der Waals surface area contributed by atoms with Crippen molar-refractivity contribution >= 4 is 11.5 Å². The number of aromatic amines is 1. The number of aryl methyl sites for hydroxylation is 2. The van der Waals surface area contributed by atoms with Gasteiger partial charge in [-0.25, -0.2) is 0 Å². The van der Waals surface area contributed by atoms with E-state index in [-0.39, 0.29) is 24.0 Å². The Hall–Kier alpha value is -1.04. The minimum atomic E-state index is 0. The second-order valence-electron chi connectivity index (χ2n) is 3.36. The first-order valence-corrected chi connectivity index (χ1v) is 4.63. The molecule has 15 heavy (non-hydrogen) atoms. The molecule has 2 aromatic rings. The topological polar surface area (TPSA) is 31.7 Å². The Balaban J connectivity index is 0.00000112. The number of hydrogen-bond acceptors (Lipinski definition) is 1. The van der Waals surface area contributed by atoms with Crippen molar-refractivity contribution in [3.8, 4) is 0 Å². The van der Waals surface area contributed by atoms with Crippen molar-refractivity contribution in [1.29, 1.82) is 0 Å². The van der Waals surface area contributed by atoms with Crippen LogP contribution in [0.25, 0.3) is 0 Å². The van der Waals surface area contributed by atoms with Gasteiger partial charge in [0.05, 0.1) is 6.07 Å². The molecule has 0 atom stereocenters. The molecule has 1 heterocycles. The molecule has 0 aliphatic rings. The highest BCUT2D eigenvalue weighted by Gasteiger charge is 2.06. The van der Waals surface area contributed by atoms with Crippen molar-refractivity contribution in [3.63, 3.8) is 0 Å². The van der Waals surface area contributed by atoms with Crippen LogP contribution in [0.15, 0.2) is 36.4 Å². The number of benzene rings is 1. The average Bonchev–Trinajstić information content (AvgIpc) is 2.47. The molecule has 2 rings (SSSR count). The lowest BCUT2D eigenvalue weighted by Gasteiger charge is -1.99. The molecular formula is C11H14IN3. The highest BCUT2D eigenvalue weighted by molar-refractivity contribution is 5.55. The first kappa shape index (κ1) is 12.0. The molecule has 0 saturated heterocycles. The highest BCUT2D eigenvalue weighted by Crippen LogP contribution is 2.12. The van der Waals surface area contributed by atoms with E-state index < -0.39 is 0 Å². The fourth-order valence-electron chi connectivity index (χ4n) is 1.35. The zero-order valence-corrected chi connectivity index (χ0v) is 10.9. The Morgan fingerprint density at radius 3 is 2.40 bits per heavy atom. The molecule has 0 saturated carbocycles. The molecule has 1 aromatic heterocycles. The number of halogens is 1. The van der Waals surface area contributed by atoms with Crippen LogP contribution in [0.2, 0.25) is 0 Å². The minimum Gasteiger partial charge on any atom is -1.00 e. The van der Waals surface area contributed by atoms with Crippen molar-refractivity contribution in [2.75, 3.05) is 5.32 Å². The van der Waals surface area contributed by atoms with Gasteiger partial charge in [0, 0.05) is 12.6 Å².